The number of carbonyl (C=O) groups excluding carboxylic acids is 1. The molecule has 5 aromatic rings. The summed E-state index contributed by atoms with van der Waals surface area (Å²) >= 11 is 1.44. The second kappa shape index (κ2) is 11.2. The van der Waals surface area contributed by atoms with E-state index in [9.17, 15) is 18.0 Å². The number of carbonyl (C=O) groups is 1. The Labute approximate surface area is 249 Å². The van der Waals surface area contributed by atoms with E-state index in [0.29, 0.717) is 16.3 Å². The zero-order chi connectivity index (χ0) is 30.3. The molecule has 0 saturated heterocycles. The lowest BCUT2D eigenvalue weighted by atomic mass is 10.1. The largest absolute Gasteiger partial charge is 0.573 e. The number of para-hydroxylation sites is 1. The number of ether oxygens (including phenoxy) is 1. The van der Waals surface area contributed by atoms with Gasteiger partial charge in [-0.2, -0.15) is 4.99 Å². The number of nitrogens with zero attached hydrogens (tertiary/aromatic N) is 5. The molecule has 220 valence electrons. The summed E-state index contributed by atoms with van der Waals surface area (Å²) in [4.78, 5) is 22.3. The van der Waals surface area contributed by atoms with Gasteiger partial charge in [0.2, 0.25) is 0 Å². The summed E-state index contributed by atoms with van der Waals surface area (Å²) in [5.74, 6) is 0.357. The summed E-state index contributed by atoms with van der Waals surface area (Å²) < 4.78 is 44.7. The lowest BCUT2D eigenvalue weighted by Crippen LogP contribution is -2.27. The maximum atomic E-state index is 12.9. The summed E-state index contributed by atoms with van der Waals surface area (Å²) in [6, 6.07) is 19.0. The Morgan fingerprint density at radius 3 is 2.40 bits per heavy atom. The van der Waals surface area contributed by atoms with E-state index < -0.39 is 6.36 Å². The molecule has 1 fully saturated rings. The van der Waals surface area contributed by atoms with Gasteiger partial charge in [-0.1, -0.05) is 42.5 Å². The Kier molecular flexibility index (Phi) is 7.38. The van der Waals surface area contributed by atoms with E-state index in [-0.39, 0.29) is 23.7 Å². The third-order valence-corrected chi connectivity index (χ3v) is 8.21. The quantitative estimate of drug-likeness (QED) is 0.232. The molecule has 3 aromatic carbocycles. The summed E-state index contributed by atoms with van der Waals surface area (Å²) in [6.45, 7) is 6.11. The monoisotopic (exact) mass is 604 g/mol. The minimum Gasteiger partial charge on any atom is -0.406 e. The average molecular weight is 605 g/mol. The third-order valence-electron chi connectivity index (χ3n) is 7.26. The van der Waals surface area contributed by atoms with Crippen molar-refractivity contribution in [2.45, 2.75) is 45.5 Å². The first-order valence-electron chi connectivity index (χ1n) is 13.5. The molecule has 1 aliphatic carbocycles. The van der Waals surface area contributed by atoms with Crippen LogP contribution in [0.2, 0.25) is 0 Å². The van der Waals surface area contributed by atoms with Crippen LogP contribution in [0.3, 0.4) is 0 Å². The number of aromatic nitrogens is 4. The highest BCUT2D eigenvalue weighted by atomic mass is 32.1. The maximum Gasteiger partial charge on any atom is 0.573 e. The lowest BCUT2D eigenvalue weighted by Gasteiger charge is -2.12. The number of amides is 2. The Bertz CT molecular complexity index is 1840. The number of hydrogen-bond donors (Lipinski definition) is 1. The van der Waals surface area contributed by atoms with Crippen LogP contribution in [0.15, 0.2) is 83.4 Å². The number of hydrogen-bond acceptors (Lipinski definition) is 5. The van der Waals surface area contributed by atoms with Crippen molar-refractivity contribution in [2.75, 3.05) is 0 Å². The van der Waals surface area contributed by atoms with Gasteiger partial charge in [0.1, 0.15) is 12.1 Å². The zero-order valence-corrected chi connectivity index (χ0v) is 24.3. The molecule has 0 radical (unpaired) electrons. The zero-order valence-electron chi connectivity index (χ0n) is 23.5. The Balaban J connectivity index is 1.10. The van der Waals surface area contributed by atoms with Crippen LogP contribution in [0.25, 0.3) is 22.8 Å². The molecule has 2 heterocycles. The molecule has 43 heavy (non-hydrogen) atoms. The first kappa shape index (κ1) is 28.4. The predicted molar refractivity (Wildman–Crippen MR) is 157 cm³/mol. The van der Waals surface area contributed by atoms with Gasteiger partial charge in [0.25, 0.3) is 0 Å². The Morgan fingerprint density at radius 2 is 1.72 bits per heavy atom. The summed E-state index contributed by atoms with van der Waals surface area (Å²) in [5, 5.41) is 9.49. The highest BCUT2D eigenvalue weighted by molar-refractivity contribution is 7.07. The minimum absolute atomic E-state index is 0.00145. The van der Waals surface area contributed by atoms with Gasteiger partial charge in [0.05, 0.1) is 11.4 Å². The Morgan fingerprint density at radius 1 is 1.02 bits per heavy atom. The maximum absolute atomic E-state index is 12.9. The van der Waals surface area contributed by atoms with Crippen LogP contribution >= 0.6 is 11.3 Å². The van der Waals surface area contributed by atoms with E-state index in [0.717, 1.165) is 40.1 Å². The highest BCUT2D eigenvalue weighted by Crippen LogP contribution is 2.41. The van der Waals surface area contributed by atoms with Crippen LogP contribution in [0.1, 0.15) is 34.7 Å². The van der Waals surface area contributed by atoms with Gasteiger partial charge in [0.15, 0.2) is 10.6 Å². The fourth-order valence-electron chi connectivity index (χ4n) is 5.10. The number of urea groups is 1. The number of halogens is 3. The molecule has 12 heteroatoms. The van der Waals surface area contributed by atoms with Crippen molar-refractivity contribution < 1.29 is 22.7 Å². The van der Waals surface area contributed by atoms with Crippen molar-refractivity contribution >= 4 is 17.4 Å². The molecule has 6 rings (SSSR count). The van der Waals surface area contributed by atoms with E-state index in [4.69, 9.17) is 0 Å². The van der Waals surface area contributed by atoms with Gasteiger partial charge < -0.3 is 10.1 Å². The highest BCUT2D eigenvalue weighted by Gasteiger charge is 2.39. The normalized spacial score (nSPS) is 16.7. The lowest BCUT2D eigenvalue weighted by molar-refractivity contribution is -0.274. The fourth-order valence-corrected chi connectivity index (χ4v) is 5.96. The first-order valence-corrected chi connectivity index (χ1v) is 14.4. The smallest absolute Gasteiger partial charge is 0.406 e. The molecule has 2 atom stereocenters. The minimum atomic E-state index is -4.75. The Hall–Kier alpha value is -4.71. The molecule has 2 aromatic heterocycles. The molecule has 1 N–H and O–H groups in total. The van der Waals surface area contributed by atoms with E-state index in [1.165, 1.54) is 46.6 Å². The van der Waals surface area contributed by atoms with Crippen molar-refractivity contribution in [2.24, 2.45) is 4.99 Å². The summed E-state index contributed by atoms with van der Waals surface area (Å²) in [7, 11) is 0. The van der Waals surface area contributed by atoms with Gasteiger partial charge in [-0.3, -0.25) is 4.57 Å². The van der Waals surface area contributed by atoms with Gasteiger partial charge in [-0.25, -0.2) is 14.5 Å². The van der Waals surface area contributed by atoms with Crippen LogP contribution in [0.4, 0.5) is 18.0 Å². The molecule has 2 unspecified atom stereocenters. The van der Waals surface area contributed by atoms with Crippen LogP contribution in [0.5, 0.6) is 5.75 Å². The molecule has 0 aliphatic heterocycles. The van der Waals surface area contributed by atoms with E-state index in [1.54, 1.807) is 0 Å². The molecule has 0 spiro atoms. The number of thiazole rings is 1. The summed E-state index contributed by atoms with van der Waals surface area (Å²) in [6.07, 6.45) is -2.43. The van der Waals surface area contributed by atoms with E-state index in [1.807, 2.05) is 47.2 Å². The number of alkyl halides is 3. The van der Waals surface area contributed by atoms with Crippen LogP contribution < -0.4 is 14.9 Å². The van der Waals surface area contributed by atoms with Crippen molar-refractivity contribution in [3.63, 3.8) is 0 Å². The fraction of sp³-hybridized carbons (Fsp3) is 0.226. The molecule has 1 saturated carbocycles. The van der Waals surface area contributed by atoms with Crippen LogP contribution in [0, 0.1) is 20.8 Å². The number of nitrogens with one attached hydrogen (secondary N) is 1. The van der Waals surface area contributed by atoms with E-state index >= 15 is 0 Å². The van der Waals surface area contributed by atoms with Crippen molar-refractivity contribution in [1.29, 1.82) is 0 Å². The second-order valence-corrected chi connectivity index (χ2v) is 11.3. The van der Waals surface area contributed by atoms with Gasteiger partial charge in [-0.05, 0) is 68.1 Å². The van der Waals surface area contributed by atoms with E-state index in [2.05, 4.69) is 51.1 Å². The van der Waals surface area contributed by atoms with Crippen molar-refractivity contribution in [3.8, 4) is 28.5 Å². The predicted octanol–water partition coefficient (Wildman–Crippen LogP) is 6.78. The van der Waals surface area contributed by atoms with Crippen molar-refractivity contribution in [3.05, 3.63) is 106 Å². The average Bonchev–Trinajstić information content (AvgIpc) is 3.37. The molecular weight excluding hydrogens is 577 g/mol. The van der Waals surface area contributed by atoms with Crippen LogP contribution in [-0.4, -0.2) is 37.8 Å². The first-order chi connectivity index (χ1) is 20.6. The van der Waals surface area contributed by atoms with Gasteiger partial charge >= 0.3 is 12.4 Å². The SMILES string of the molecule is Cc1cccc(C)c1-n1c(C)cs/c1=N\C(=O)NC1CC1c1ccc(-c2ncn(-c3ccc(OC(F)(F)F)cc3)n2)cc1. The van der Waals surface area contributed by atoms with Crippen molar-refractivity contribution in [1.82, 2.24) is 24.6 Å². The third kappa shape index (κ3) is 6.24. The standard InChI is InChI=1S/C31H27F3N6O2S/c1-18-5-4-6-19(2)27(18)40-20(3)16-43-30(40)37-29(41)36-26-15-25(26)21-7-9-22(10-8-21)28-35-17-39(38-28)23-11-13-24(14-12-23)42-31(32,33)34/h4-14,16-17,25-26H,15H2,1-3H3,(H,36,41)/b37-30-. The summed E-state index contributed by atoms with van der Waals surface area (Å²) in [5.41, 5.74) is 6.72. The molecule has 1 aliphatic rings. The number of rotatable bonds is 6. The number of aryl methyl sites for hydroxylation is 3. The topological polar surface area (TPSA) is 86.3 Å². The molecule has 0 bridgehead atoms. The molecule has 2 amide bonds. The number of benzene rings is 3. The van der Waals surface area contributed by atoms with Gasteiger partial charge in [-0.15, -0.1) is 29.6 Å². The second-order valence-electron chi connectivity index (χ2n) is 10.4. The molecular formula is C31H27F3N6O2S. The van der Waals surface area contributed by atoms with Crippen LogP contribution in [-0.2, 0) is 0 Å². The van der Waals surface area contributed by atoms with Gasteiger partial charge in [0, 0.05) is 28.6 Å². The molecule has 8 nitrogen and oxygen atoms in total.